The lowest BCUT2D eigenvalue weighted by Gasteiger charge is -2.22. The van der Waals surface area contributed by atoms with Crippen LogP contribution in [-0.2, 0) is 4.74 Å². The van der Waals surface area contributed by atoms with Crippen LogP contribution in [-0.4, -0.2) is 43.6 Å². The van der Waals surface area contributed by atoms with Crippen molar-refractivity contribution in [2.45, 2.75) is 20.3 Å². The number of nitriles is 1. The van der Waals surface area contributed by atoms with Crippen molar-refractivity contribution in [1.82, 2.24) is 4.90 Å². The topological polar surface area (TPSA) is 36.3 Å². The second-order valence-electron chi connectivity index (χ2n) is 3.90. The van der Waals surface area contributed by atoms with Gasteiger partial charge in [-0.1, -0.05) is 13.8 Å². The second-order valence-corrected chi connectivity index (χ2v) is 4.28. The van der Waals surface area contributed by atoms with Gasteiger partial charge in [-0.25, -0.2) is 0 Å². The van der Waals surface area contributed by atoms with Gasteiger partial charge in [0, 0.05) is 31.9 Å². The van der Waals surface area contributed by atoms with Gasteiger partial charge >= 0.3 is 0 Å². The van der Waals surface area contributed by atoms with Crippen LogP contribution in [0, 0.1) is 17.2 Å². The van der Waals surface area contributed by atoms with Crippen LogP contribution in [0.4, 0.5) is 0 Å². The molecule has 0 heterocycles. The molecule has 0 aromatic carbocycles. The summed E-state index contributed by atoms with van der Waals surface area (Å²) in [6.07, 6.45) is 0.586. The second kappa shape index (κ2) is 10.2. The summed E-state index contributed by atoms with van der Waals surface area (Å²) in [4.78, 5) is 2.27. The molecule has 0 bridgehead atoms. The van der Waals surface area contributed by atoms with Gasteiger partial charge in [0.05, 0.1) is 19.3 Å². The van der Waals surface area contributed by atoms with E-state index in [2.05, 4.69) is 24.8 Å². The van der Waals surface area contributed by atoms with Crippen LogP contribution in [0.2, 0.25) is 0 Å². The smallest absolute Gasteiger partial charge is 0.0635 e. The molecule has 0 aliphatic heterocycles. The maximum absolute atomic E-state index is 8.53. The Kier molecular flexibility index (Phi) is 10.0. The van der Waals surface area contributed by atoms with E-state index in [4.69, 9.17) is 21.6 Å². The van der Waals surface area contributed by atoms with Crippen molar-refractivity contribution in [2.24, 2.45) is 5.92 Å². The first-order chi connectivity index (χ1) is 7.20. The summed E-state index contributed by atoms with van der Waals surface area (Å²) in [7, 11) is 0. The average molecular weight is 233 g/mol. The van der Waals surface area contributed by atoms with E-state index >= 15 is 0 Å². The normalized spacial score (nSPS) is 10.9. The molecule has 0 fully saturated rings. The Morgan fingerprint density at radius 1 is 1.33 bits per heavy atom. The zero-order chi connectivity index (χ0) is 11.5. The third-order valence-corrected chi connectivity index (χ3v) is 2.09. The van der Waals surface area contributed by atoms with Crippen molar-refractivity contribution in [3.8, 4) is 6.07 Å². The molecular weight excluding hydrogens is 212 g/mol. The van der Waals surface area contributed by atoms with Gasteiger partial charge in [-0.05, 0) is 5.92 Å². The van der Waals surface area contributed by atoms with E-state index in [0.717, 1.165) is 19.6 Å². The van der Waals surface area contributed by atoms with Crippen molar-refractivity contribution in [1.29, 1.82) is 5.26 Å². The zero-order valence-electron chi connectivity index (χ0n) is 9.71. The monoisotopic (exact) mass is 232 g/mol. The molecule has 0 rings (SSSR count). The van der Waals surface area contributed by atoms with E-state index in [-0.39, 0.29) is 0 Å². The van der Waals surface area contributed by atoms with Crippen LogP contribution in [0.15, 0.2) is 0 Å². The first-order valence-electron chi connectivity index (χ1n) is 5.43. The van der Waals surface area contributed by atoms with Gasteiger partial charge in [0.15, 0.2) is 0 Å². The Morgan fingerprint density at radius 2 is 2.07 bits per heavy atom. The molecule has 0 aromatic rings. The van der Waals surface area contributed by atoms with E-state index in [1.54, 1.807) is 0 Å². The number of hydrogen-bond donors (Lipinski definition) is 0. The average Bonchev–Trinajstić information content (AvgIpc) is 2.19. The van der Waals surface area contributed by atoms with Gasteiger partial charge in [-0.3, -0.25) is 4.90 Å². The quantitative estimate of drug-likeness (QED) is 0.451. The van der Waals surface area contributed by atoms with Gasteiger partial charge in [-0.15, -0.1) is 11.6 Å². The lowest BCUT2D eigenvalue weighted by molar-refractivity contribution is 0.110. The highest BCUT2D eigenvalue weighted by atomic mass is 35.5. The summed E-state index contributed by atoms with van der Waals surface area (Å²) < 4.78 is 5.32. The highest BCUT2D eigenvalue weighted by Crippen LogP contribution is 1.99. The Hall–Kier alpha value is -0.300. The summed E-state index contributed by atoms with van der Waals surface area (Å²) in [5.74, 6) is 1.17. The van der Waals surface area contributed by atoms with Gasteiger partial charge in [0.25, 0.3) is 0 Å². The van der Waals surface area contributed by atoms with Crippen molar-refractivity contribution < 1.29 is 4.74 Å². The summed E-state index contributed by atoms with van der Waals surface area (Å²) in [6, 6.07) is 2.17. The fourth-order valence-electron chi connectivity index (χ4n) is 1.37. The molecule has 0 saturated carbocycles. The molecule has 0 N–H and O–H groups in total. The first-order valence-corrected chi connectivity index (χ1v) is 5.97. The third kappa shape index (κ3) is 9.99. The van der Waals surface area contributed by atoms with Gasteiger partial charge in [-0.2, -0.15) is 5.26 Å². The standard InChI is InChI=1S/C11H21ClN2O/c1-11(2)10-14(6-3-5-13)7-9-15-8-4-12/h11H,3-4,6-10H2,1-2H3. The molecule has 3 nitrogen and oxygen atoms in total. The number of nitrogens with zero attached hydrogens (tertiary/aromatic N) is 2. The highest BCUT2D eigenvalue weighted by molar-refractivity contribution is 6.17. The molecular formula is C11H21ClN2O. The first kappa shape index (κ1) is 14.7. The van der Waals surface area contributed by atoms with Gasteiger partial charge < -0.3 is 4.74 Å². The molecule has 0 unspecified atom stereocenters. The number of alkyl halides is 1. The fourth-order valence-corrected chi connectivity index (χ4v) is 1.48. The maximum atomic E-state index is 8.53. The van der Waals surface area contributed by atoms with Crippen LogP contribution in [0.25, 0.3) is 0 Å². The summed E-state index contributed by atoms with van der Waals surface area (Å²) >= 11 is 5.50. The van der Waals surface area contributed by atoms with E-state index in [1.807, 2.05) is 0 Å². The van der Waals surface area contributed by atoms with Crippen molar-refractivity contribution >= 4 is 11.6 Å². The maximum Gasteiger partial charge on any atom is 0.0635 e. The Bertz CT molecular complexity index is 180. The number of ether oxygens (including phenoxy) is 1. The molecule has 4 heteroatoms. The predicted molar refractivity (Wildman–Crippen MR) is 63.0 cm³/mol. The zero-order valence-corrected chi connectivity index (χ0v) is 10.5. The molecule has 0 aromatic heterocycles. The number of rotatable bonds is 9. The molecule has 0 aliphatic carbocycles. The highest BCUT2D eigenvalue weighted by Gasteiger charge is 2.06. The Morgan fingerprint density at radius 3 is 2.60 bits per heavy atom. The largest absolute Gasteiger partial charge is 0.379 e. The fraction of sp³-hybridized carbons (Fsp3) is 0.909. The Labute approximate surface area is 98.0 Å². The molecule has 0 atom stereocenters. The van der Waals surface area contributed by atoms with E-state index in [0.29, 0.717) is 31.4 Å². The van der Waals surface area contributed by atoms with E-state index < -0.39 is 0 Å². The van der Waals surface area contributed by atoms with Crippen LogP contribution >= 0.6 is 11.6 Å². The summed E-state index contributed by atoms with van der Waals surface area (Å²) in [5.41, 5.74) is 0. The predicted octanol–water partition coefficient (Wildman–Crippen LogP) is 2.11. The minimum atomic E-state index is 0.544. The third-order valence-electron chi connectivity index (χ3n) is 1.94. The molecule has 0 saturated heterocycles. The van der Waals surface area contributed by atoms with Gasteiger partial charge in [0.1, 0.15) is 0 Å². The number of hydrogen-bond acceptors (Lipinski definition) is 3. The number of halogens is 1. The van der Waals surface area contributed by atoms with Crippen molar-refractivity contribution in [3.63, 3.8) is 0 Å². The lowest BCUT2D eigenvalue weighted by Crippen LogP contribution is -2.32. The van der Waals surface area contributed by atoms with Crippen LogP contribution < -0.4 is 0 Å². The van der Waals surface area contributed by atoms with E-state index in [1.165, 1.54) is 0 Å². The minimum Gasteiger partial charge on any atom is -0.379 e. The SMILES string of the molecule is CC(C)CN(CCC#N)CCOCCCl. The molecule has 0 aliphatic rings. The van der Waals surface area contributed by atoms with Crippen molar-refractivity contribution in [2.75, 3.05) is 38.7 Å². The molecule has 15 heavy (non-hydrogen) atoms. The van der Waals surface area contributed by atoms with Crippen LogP contribution in [0.3, 0.4) is 0 Å². The van der Waals surface area contributed by atoms with Gasteiger partial charge in [0.2, 0.25) is 0 Å². The van der Waals surface area contributed by atoms with E-state index in [9.17, 15) is 0 Å². The molecule has 0 spiro atoms. The minimum absolute atomic E-state index is 0.544. The summed E-state index contributed by atoms with van der Waals surface area (Å²) in [6.45, 7) is 8.40. The van der Waals surface area contributed by atoms with Crippen LogP contribution in [0.5, 0.6) is 0 Å². The molecule has 0 radical (unpaired) electrons. The Balaban J connectivity index is 3.65. The van der Waals surface area contributed by atoms with Crippen LogP contribution in [0.1, 0.15) is 20.3 Å². The van der Waals surface area contributed by atoms with Crippen molar-refractivity contribution in [3.05, 3.63) is 0 Å². The summed E-state index contributed by atoms with van der Waals surface area (Å²) in [5, 5.41) is 8.53. The molecule has 88 valence electrons. The lowest BCUT2D eigenvalue weighted by atomic mass is 10.2. The molecule has 0 amide bonds.